The maximum atomic E-state index is 2.34. The fourth-order valence-corrected chi connectivity index (χ4v) is 12.8. The molecule has 0 rings (SSSR count). The number of halogens is 1. The van der Waals surface area contributed by atoms with Crippen molar-refractivity contribution >= 4 is 19.8 Å². The van der Waals surface area contributed by atoms with E-state index in [1.54, 1.807) is 13.3 Å². The van der Waals surface area contributed by atoms with E-state index < -0.39 is 19.8 Å². The zero-order valence-electron chi connectivity index (χ0n) is 11.3. The number of unbranched alkanes of at least 4 members (excludes halogenated alkanes) is 3. The Bertz CT molecular complexity index is 82.6. The maximum Gasteiger partial charge on any atom is 1.00 e. The molecule has 0 saturated heterocycles. The van der Waals surface area contributed by atoms with Crippen LogP contribution in [0.3, 0.4) is 0 Å². The smallest absolute Gasteiger partial charge is 1.00 e. The van der Waals surface area contributed by atoms with Crippen molar-refractivity contribution in [1.29, 1.82) is 0 Å². The first-order chi connectivity index (χ1) is 6.35. The summed E-state index contributed by atoms with van der Waals surface area (Å²) >= 11 is -0.967. The van der Waals surface area contributed by atoms with Crippen LogP contribution in [0.15, 0.2) is 0 Å². The van der Waals surface area contributed by atoms with Crippen LogP contribution >= 0.6 is 0 Å². The van der Waals surface area contributed by atoms with Crippen LogP contribution in [0.4, 0.5) is 0 Å². The van der Waals surface area contributed by atoms with Gasteiger partial charge in [-0.05, 0) is 0 Å². The monoisotopic (exact) mass is 442 g/mol. The molecule has 0 aliphatic rings. The summed E-state index contributed by atoms with van der Waals surface area (Å²) in [6.07, 6.45) is 8.87. The van der Waals surface area contributed by atoms with E-state index in [-0.39, 0.29) is 53.5 Å². The minimum absolute atomic E-state index is 0. The third-order valence-electron chi connectivity index (χ3n) is 2.90. The summed E-state index contributed by atoms with van der Waals surface area (Å²) in [4.78, 5) is 0. The van der Waals surface area contributed by atoms with Crippen molar-refractivity contribution < 1.29 is 53.5 Å². The molecule has 3 heteroatoms. The molecule has 0 bridgehead atoms. The van der Waals surface area contributed by atoms with Crippen molar-refractivity contribution in [3.8, 4) is 0 Å². The van der Waals surface area contributed by atoms with Gasteiger partial charge in [-0.25, -0.2) is 0 Å². The molecule has 0 aliphatic heterocycles. The molecule has 15 heavy (non-hydrogen) atoms. The van der Waals surface area contributed by atoms with Gasteiger partial charge in [0.15, 0.2) is 0 Å². The minimum atomic E-state index is -0.967. The van der Waals surface area contributed by atoms with Crippen LogP contribution in [0, 0.1) is 0 Å². The van der Waals surface area contributed by atoms with Crippen molar-refractivity contribution in [3.05, 3.63) is 0 Å². The van der Waals surface area contributed by atoms with Crippen molar-refractivity contribution in [1.82, 2.24) is 0 Å². The van der Waals surface area contributed by atoms with Crippen molar-refractivity contribution in [2.45, 2.75) is 72.6 Å². The molecule has 0 aliphatic carbocycles. The molecule has 88 valence electrons. The number of rotatable bonds is 9. The Morgan fingerprint density at radius 2 is 0.933 bits per heavy atom. The fourth-order valence-electron chi connectivity index (χ4n) is 1.91. The largest absolute Gasteiger partial charge is 1.00 e. The minimum Gasteiger partial charge on any atom is -1.00 e. The third-order valence-corrected chi connectivity index (χ3v) is 13.4. The Morgan fingerprint density at radius 3 is 1.13 bits per heavy atom. The second-order valence-corrected chi connectivity index (χ2v) is 14.2. The predicted molar refractivity (Wildman–Crippen MR) is 66.3 cm³/mol. The van der Waals surface area contributed by atoms with Gasteiger partial charge in [-0.2, -0.15) is 0 Å². The van der Waals surface area contributed by atoms with Crippen LogP contribution in [0.5, 0.6) is 0 Å². The molecular formula is C12H28INaSn. The van der Waals surface area contributed by atoms with Crippen LogP contribution in [0.25, 0.3) is 0 Å². The zero-order valence-corrected chi connectivity index (χ0v) is 18.8. The average Bonchev–Trinajstić information content (AvgIpc) is 2.17. The molecule has 0 saturated carbocycles. The Kier molecular flexibility index (Phi) is 28.6. The normalized spacial score (nSPS) is 9.60. The average molecular weight is 441 g/mol. The van der Waals surface area contributed by atoms with E-state index in [4.69, 9.17) is 0 Å². The van der Waals surface area contributed by atoms with Crippen molar-refractivity contribution in [3.63, 3.8) is 0 Å². The molecule has 0 aromatic heterocycles. The van der Waals surface area contributed by atoms with Gasteiger partial charge >= 0.3 is 122 Å². The molecule has 0 N–H and O–H groups in total. The molecule has 0 spiro atoms. The van der Waals surface area contributed by atoms with Gasteiger partial charge in [0.2, 0.25) is 0 Å². The summed E-state index contributed by atoms with van der Waals surface area (Å²) in [7, 11) is 0. The summed E-state index contributed by atoms with van der Waals surface area (Å²) in [6, 6.07) is 0. The summed E-state index contributed by atoms with van der Waals surface area (Å²) in [5, 5.41) is 0. The third kappa shape index (κ3) is 16.5. The molecule has 0 amide bonds. The van der Waals surface area contributed by atoms with Gasteiger partial charge in [-0.15, -0.1) is 0 Å². The van der Waals surface area contributed by atoms with Gasteiger partial charge in [0.1, 0.15) is 0 Å². The second kappa shape index (κ2) is 18.9. The SMILES string of the molecule is CCC[CH2][SnH]([CH2]CCC)[CH2]CCC.[I-].[Na+]. The van der Waals surface area contributed by atoms with Gasteiger partial charge < -0.3 is 24.0 Å². The van der Waals surface area contributed by atoms with Gasteiger partial charge in [-0.3, -0.25) is 0 Å². The number of hydrogen-bond donors (Lipinski definition) is 0. The van der Waals surface area contributed by atoms with Gasteiger partial charge in [-0.1, -0.05) is 0 Å². The molecule has 0 aromatic carbocycles. The summed E-state index contributed by atoms with van der Waals surface area (Å²) in [5.74, 6) is 0. The Hall–Kier alpha value is 2.53. The summed E-state index contributed by atoms with van der Waals surface area (Å²) in [6.45, 7) is 7.01. The van der Waals surface area contributed by atoms with Crippen molar-refractivity contribution in [2.24, 2.45) is 0 Å². The molecule has 0 atom stereocenters. The summed E-state index contributed by atoms with van der Waals surface area (Å²) in [5.41, 5.74) is 0. The number of hydrogen-bond acceptors (Lipinski definition) is 0. The fraction of sp³-hybridized carbons (Fsp3) is 1.00. The van der Waals surface area contributed by atoms with E-state index >= 15 is 0 Å². The Balaban J connectivity index is -0.000000720. The molecule has 0 heterocycles. The van der Waals surface area contributed by atoms with Gasteiger partial charge in [0.25, 0.3) is 0 Å². The van der Waals surface area contributed by atoms with Crippen LogP contribution in [0.1, 0.15) is 59.3 Å². The van der Waals surface area contributed by atoms with Crippen molar-refractivity contribution in [2.75, 3.05) is 0 Å². The Labute approximate surface area is 144 Å². The van der Waals surface area contributed by atoms with Gasteiger partial charge in [0, 0.05) is 0 Å². The Morgan fingerprint density at radius 1 is 0.667 bits per heavy atom. The van der Waals surface area contributed by atoms with E-state index in [1.165, 1.54) is 38.5 Å². The van der Waals surface area contributed by atoms with Gasteiger partial charge in [0.05, 0.1) is 0 Å². The standard InChI is InChI=1S/3C4H9.HI.Na.Sn.H/c3*1-3-4-2;;;;/h3*1,3-4H2,2H3;1H;;;/q;;;;+1;;/p-1. The first-order valence-electron chi connectivity index (χ1n) is 6.35. The van der Waals surface area contributed by atoms with E-state index in [0.717, 1.165) is 0 Å². The van der Waals surface area contributed by atoms with E-state index in [9.17, 15) is 0 Å². The first-order valence-corrected chi connectivity index (χ1v) is 13.3. The topological polar surface area (TPSA) is 0 Å². The van der Waals surface area contributed by atoms with E-state index in [2.05, 4.69) is 20.8 Å². The summed E-state index contributed by atoms with van der Waals surface area (Å²) < 4.78 is 5.08. The molecule has 0 aromatic rings. The van der Waals surface area contributed by atoms with Crippen LogP contribution in [-0.2, 0) is 0 Å². The molecule has 0 radical (unpaired) electrons. The molecule has 0 unspecified atom stereocenters. The second-order valence-electron chi connectivity index (χ2n) is 4.29. The maximum absolute atomic E-state index is 2.34. The van der Waals surface area contributed by atoms with Crippen LogP contribution in [0.2, 0.25) is 13.3 Å². The van der Waals surface area contributed by atoms with E-state index in [1.807, 2.05) is 0 Å². The molecule has 0 nitrogen and oxygen atoms in total. The predicted octanol–water partition coefficient (Wildman–Crippen LogP) is -1.38. The molecule has 0 fully saturated rings. The van der Waals surface area contributed by atoms with E-state index in [0.29, 0.717) is 0 Å². The van der Waals surface area contributed by atoms with Crippen LogP contribution in [-0.4, -0.2) is 19.8 Å². The molecular weight excluding hydrogens is 413 g/mol. The quantitative estimate of drug-likeness (QED) is 0.306. The zero-order chi connectivity index (χ0) is 9.94. The van der Waals surface area contributed by atoms with Crippen LogP contribution < -0.4 is 53.5 Å². The first kappa shape index (κ1) is 22.7.